The summed E-state index contributed by atoms with van der Waals surface area (Å²) in [5, 5.41) is 11.0. The molecule has 2 heterocycles. The van der Waals surface area contributed by atoms with E-state index in [1.807, 2.05) is 6.92 Å². The van der Waals surface area contributed by atoms with E-state index in [0.29, 0.717) is 17.9 Å². The molecule has 0 aliphatic heterocycles. The van der Waals surface area contributed by atoms with Crippen molar-refractivity contribution >= 4 is 12.4 Å². The van der Waals surface area contributed by atoms with Crippen LogP contribution in [-0.4, -0.2) is 33.0 Å². The first-order valence-corrected chi connectivity index (χ1v) is 8.48. The third-order valence-corrected chi connectivity index (χ3v) is 4.18. The van der Waals surface area contributed by atoms with E-state index in [1.165, 1.54) is 22.9 Å². The number of likely N-dealkylation sites (N-methyl/N-ethyl adjacent to an activating group) is 1. The molecule has 7 nitrogen and oxygen atoms in total. The first-order valence-electron chi connectivity index (χ1n) is 8.48. The monoisotopic (exact) mass is 429 g/mol. The van der Waals surface area contributed by atoms with Gasteiger partial charge in [0.1, 0.15) is 0 Å². The van der Waals surface area contributed by atoms with E-state index in [2.05, 4.69) is 20.6 Å². The quantitative estimate of drug-likeness (QED) is 0.670. The summed E-state index contributed by atoms with van der Waals surface area (Å²) in [7, 11) is 1.79. The predicted molar refractivity (Wildman–Crippen MR) is 102 cm³/mol. The fourth-order valence-corrected chi connectivity index (χ4v) is 2.58. The van der Waals surface area contributed by atoms with Crippen LogP contribution in [0.15, 0.2) is 39.6 Å². The van der Waals surface area contributed by atoms with Crippen LogP contribution < -0.4 is 10.7 Å². The Labute approximate surface area is 170 Å². The number of nitrogens with zero attached hydrogens (tertiary/aromatic N) is 4. The summed E-state index contributed by atoms with van der Waals surface area (Å²) >= 11 is 0. The number of aromatic nitrogens is 4. The maximum atomic E-state index is 13.0. The molecule has 3 rings (SSSR count). The standard InChI is InChI=1S/C18H18F3N5O2.ClH/c1-10(22-3)7-15-23-17(28-25-15)16-14(27)8-11(2)26(24-16)13-6-4-5-12(9-13)18(19,20)21;/h4-6,8-10,22H,7H2,1-3H3;1H. The average molecular weight is 430 g/mol. The number of benzene rings is 1. The minimum atomic E-state index is -4.49. The zero-order valence-electron chi connectivity index (χ0n) is 15.8. The molecule has 0 aliphatic carbocycles. The third-order valence-electron chi connectivity index (χ3n) is 4.18. The van der Waals surface area contributed by atoms with E-state index in [-0.39, 0.29) is 35.7 Å². The van der Waals surface area contributed by atoms with E-state index in [1.54, 1.807) is 14.0 Å². The van der Waals surface area contributed by atoms with E-state index in [4.69, 9.17) is 4.52 Å². The van der Waals surface area contributed by atoms with Crippen LogP contribution in [0.3, 0.4) is 0 Å². The minimum Gasteiger partial charge on any atom is -0.332 e. The molecule has 3 aromatic rings. The molecule has 0 spiro atoms. The molecule has 1 unspecified atom stereocenters. The Hall–Kier alpha value is -2.72. The van der Waals surface area contributed by atoms with E-state index in [0.717, 1.165) is 12.1 Å². The fourth-order valence-electron chi connectivity index (χ4n) is 2.58. The Morgan fingerprint density at radius 2 is 2.00 bits per heavy atom. The van der Waals surface area contributed by atoms with Crippen molar-refractivity contribution in [3.05, 3.63) is 57.6 Å². The van der Waals surface area contributed by atoms with Gasteiger partial charge >= 0.3 is 6.18 Å². The SMILES string of the molecule is CNC(C)Cc1noc(-c2nn(-c3cccc(C(F)(F)F)c3)c(C)cc2=O)n1.Cl. The molecule has 29 heavy (non-hydrogen) atoms. The molecule has 1 N–H and O–H groups in total. The molecule has 0 fully saturated rings. The molecular formula is C18H19ClF3N5O2. The van der Waals surface area contributed by atoms with Crippen LogP contribution in [0, 0.1) is 6.92 Å². The highest BCUT2D eigenvalue weighted by molar-refractivity contribution is 5.85. The lowest BCUT2D eigenvalue weighted by atomic mass is 10.2. The van der Waals surface area contributed by atoms with Gasteiger partial charge in [-0.3, -0.25) is 4.79 Å². The highest BCUT2D eigenvalue weighted by Crippen LogP contribution is 2.30. The molecule has 0 amide bonds. The van der Waals surface area contributed by atoms with Crippen molar-refractivity contribution < 1.29 is 17.7 Å². The number of rotatable bonds is 5. The summed E-state index contributed by atoms with van der Waals surface area (Å²) in [5.41, 5.74) is -0.863. The lowest BCUT2D eigenvalue weighted by Crippen LogP contribution is -2.24. The molecule has 1 aromatic carbocycles. The highest BCUT2D eigenvalue weighted by Gasteiger charge is 2.30. The Bertz CT molecular complexity index is 1050. The normalized spacial score (nSPS) is 12.5. The van der Waals surface area contributed by atoms with Crippen LogP contribution >= 0.6 is 12.4 Å². The summed E-state index contributed by atoms with van der Waals surface area (Å²) in [5.74, 6) is 0.313. The van der Waals surface area contributed by atoms with Crippen molar-refractivity contribution in [3.63, 3.8) is 0 Å². The van der Waals surface area contributed by atoms with Crippen molar-refractivity contribution in [1.82, 2.24) is 25.2 Å². The molecule has 0 aliphatic rings. The van der Waals surface area contributed by atoms with Gasteiger partial charge < -0.3 is 9.84 Å². The Kier molecular flexibility index (Phi) is 6.81. The Morgan fingerprint density at radius 1 is 1.28 bits per heavy atom. The van der Waals surface area contributed by atoms with Crippen molar-refractivity contribution in [2.24, 2.45) is 0 Å². The van der Waals surface area contributed by atoms with Gasteiger partial charge in [0.2, 0.25) is 5.43 Å². The van der Waals surface area contributed by atoms with Crippen molar-refractivity contribution in [1.29, 1.82) is 0 Å². The largest absolute Gasteiger partial charge is 0.416 e. The second kappa shape index (κ2) is 8.75. The van der Waals surface area contributed by atoms with Crippen LogP contribution in [0.2, 0.25) is 0 Å². The molecule has 0 radical (unpaired) electrons. The predicted octanol–water partition coefficient (Wildman–Crippen LogP) is 3.18. The molecule has 0 bridgehead atoms. The average Bonchev–Trinajstić information content (AvgIpc) is 3.09. The number of aryl methyl sites for hydroxylation is 1. The Morgan fingerprint density at radius 3 is 2.66 bits per heavy atom. The maximum absolute atomic E-state index is 13.0. The van der Waals surface area contributed by atoms with Crippen LogP contribution in [-0.2, 0) is 12.6 Å². The van der Waals surface area contributed by atoms with E-state index >= 15 is 0 Å². The van der Waals surface area contributed by atoms with E-state index < -0.39 is 17.2 Å². The lowest BCUT2D eigenvalue weighted by molar-refractivity contribution is -0.137. The second-order valence-corrected chi connectivity index (χ2v) is 6.37. The lowest BCUT2D eigenvalue weighted by Gasteiger charge is -2.12. The molecule has 0 saturated heterocycles. The summed E-state index contributed by atoms with van der Waals surface area (Å²) in [6, 6.07) is 6.04. The minimum absolute atomic E-state index is 0. The number of hydrogen-bond donors (Lipinski definition) is 1. The van der Waals surface area contributed by atoms with Gasteiger partial charge in [0.05, 0.1) is 11.3 Å². The van der Waals surface area contributed by atoms with Gasteiger partial charge in [-0.15, -0.1) is 12.4 Å². The van der Waals surface area contributed by atoms with Crippen molar-refractivity contribution in [3.8, 4) is 17.3 Å². The third kappa shape index (κ3) is 5.01. The topological polar surface area (TPSA) is 85.8 Å². The summed E-state index contributed by atoms with van der Waals surface area (Å²) in [6.45, 7) is 3.51. The van der Waals surface area contributed by atoms with Crippen LogP contribution in [0.1, 0.15) is 24.0 Å². The van der Waals surface area contributed by atoms with Gasteiger partial charge in [-0.2, -0.15) is 23.3 Å². The fraction of sp³-hybridized carbons (Fsp3) is 0.333. The number of hydrogen-bond acceptors (Lipinski definition) is 6. The van der Waals surface area contributed by atoms with Gasteiger partial charge in [0.25, 0.3) is 5.89 Å². The number of nitrogens with one attached hydrogen (secondary N) is 1. The molecule has 156 valence electrons. The van der Waals surface area contributed by atoms with Crippen molar-refractivity contribution in [2.45, 2.75) is 32.5 Å². The zero-order valence-corrected chi connectivity index (χ0v) is 16.6. The van der Waals surface area contributed by atoms with Gasteiger partial charge in [0, 0.05) is 24.2 Å². The highest BCUT2D eigenvalue weighted by atomic mass is 35.5. The smallest absolute Gasteiger partial charge is 0.332 e. The van der Waals surface area contributed by atoms with E-state index in [9.17, 15) is 18.0 Å². The summed E-state index contributed by atoms with van der Waals surface area (Å²) in [6.07, 6.45) is -4.01. The first-order chi connectivity index (χ1) is 13.2. The van der Waals surface area contributed by atoms with Gasteiger partial charge in [0.15, 0.2) is 11.5 Å². The molecule has 2 aromatic heterocycles. The molecule has 11 heteroatoms. The molecule has 0 saturated carbocycles. The van der Waals surface area contributed by atoms with Gasteiger partial charge in [-0.25, -0.2) is 4.68 Å². The molecular weight excluding hydrogens is 411 g/mol. The zero-order chi connectivity index (χ0) is 20.5. The first kappa shape index (κ1) is 22.6. The number of halogens is 4. The number of alkyl halides is 3. The summed E-state index contributed by atoms with van der Waals surface area (Å²) < 4.78 is 45.4. The van der Waals surface area contributed by atoms with Gasteiger partial charge in [-0.1, -0.05) is 11.2 Å². The maximum Gasteiger partial charge on any atom is 0.416 e. The van der Waals surface area contributed by atoms with Gasteiger partial charge in [-0.05, 0) is 39.1 Å². The second-order valence-electron chi connectivity index (χ2n) is 6.37. The molecule has 1 atom stereocenters. The van der Waals surface area contributed by atoms with Crippen molar-refractivity contribution in [2.75, 3.05) is 7.05 Å². The summed E-state index contributed by atoms with van der Waals surface area (Å²) in [4.78, 5) is 16.5. The van der Waals surface area contributed by atoms with Crippen LogP contribution in [0.25, 0.3) is 17.3 Å². The van der Waals surface area contributed by atoms with Crippen LogP contribution in [0.4, 0.5) is 13.2 Å². The van der Waals surface area contributed by atoms with Crippen LogP contribution in [0.5, 0.6) is 0 Å². The Balaban J connectivity index is 0.00000300.